The van der Waals surface area contributed by atoms with Gasteiger partial charge < -0.3 is 9.88 Å². The highest BCUT2D eigenvalue weighted by molar-refractivity contribution is 5.59. The van der Waals surface area contributed by atoms with Gasteiger partial charge >= 0.3 is 0 Å². The van der Waals surface area contributed by atoms with Crippen LogP contribution in [0.4, 0.5) is 5.69 Å². The molecule has 20 heavy (non-hydrogen) atoms. The Bertz CT molecular complexity index is 516. The van der Waals surface area contributed by atoms with Gasteiger partial charge in [-0.15, -0.1) is 10.2 Å². The average molecular weight is 272 g/mol. The van der Waals surface area contributed by atoms with E-state index in [0.29, 0.717) is 6.04 Å². The SMILES string of the molecule is CCCCC(CC)Nc1ccc(-c2nncn2C)cc1. The van der Waals surface area contributed by atoms with Crippen LogP contribution in [0.25, 0.3) is 11.4 Å². The van der Waals surface area contributed by atoms with Crippen LogP contribution in [-0.4, -0.2) is 20.8 Å². The minimum atomic E-state index is 0.565. The number of nitrogens with zero attached hydrogens (tertiary/aromatic N) is 3. The summed E-state index contributed by atoms with van der Waals surface area (Å²) in [4.78, 5) is 0. The number of hydrogen-bond donors (Lipinski definition) is 1. The summed E-state index contributed by atoms with van der Waals surface area (Å²) >= 11 is 0. The molecule has 108 valence electrons. The van der Waals surface area contributed by atoms with Crippen molar-refractivity contribution in [2.45, 2.75) is 45.6 Å². The molecule has 0 bridgehead atoms. The number of rotatable bonds is 7. The monoisotopic (exact) mass is 272 g/mol. The van der Waals surface area contributed by atoms with Gasteiger partial charge in [-0.3, -0.25) is 0 Å². The predicted molar refractivity (Wildman–Crippen MR) is 83.7 cm³/mol. The van der Waals surface area contributed by atoms with Crippen molar-refractivity contribution in [3.63, 3.8) is 0 Å². The fourth-order valence-electron chi connectivity index (χ4n) is 2.32. The van der Waals surface area contributed by atoms with E-state index in [2.05, 4.69) is 53.6 Å². The molecule has 1 N–H and O–H groups in total. The van der Waals surface area contributed by atoms with E-state index in [9.17, 15) is 0 Å². The van der Waals surface area contributed by atoms with E-state index in [-0.39, 0.29) is 0 Å². The smallest absolute Gasteiger partial charge is 0.163 e. The van der Waals surface area contributed by atoms with E-state index >= 15 is 0 Å². The molecule has 0 spiro atoms. The van der Waals surface area contributed by atoms with E-state index < -0.39 is 0 Å². The molecule has 1 atom stereocenters. The maximum Gasteiger partial charge on any atom is 0.163 e. The van der Waals surface area contributed by atoms with Crippen LogP contribution in [0.1, 0.15) is 39.5 Å². The van der Waals surface area contributed by atoms with E-state index in [0.717, 1.165) is 17.8 Å². The number of nitrogens with one attached hydrogen (secondary N) is 1. The van der Waals surface area contributed by atoms with Crippen LogP contribution in [0.5, 0.6) is 0 Å². The minimum absolute atomic E-state index is 0.565. The molecule has 0 radical (unpaired) electrons. The second-order valence-electron chi connectivity index (χ2n) is 5.23. The van der Waals surface area contributed by atoms with Gasteiger partial charge in [-0.2, -0.15) is 0 Å². The Hall–Kier alpha value is -1.84. The van der Waals surface area contributed by atoms with E-state index in [1.54, 1.807) is 6.33 Å². The molecule has 0 amide bonds. The second kappa shape index (κ2) is 7.08. The van der Waals surface area contributed by atoms with Crippen molar-refractivity contribution in [2.75, 3.05) is 5.32 Å². The molecule has 1 unspecified atom stereocenters. The third kappa shape index (κ3) is 3.59. The van der Waals surface area contributed by atoms with Gasteiger partial charge in [0, 0.05) is 24.3 Å². The zero-order valence-electron chi connectivity index (χ0n) is 12.6. The average Bonchev–Trinajstić information content (AvgIpc) is 2.90. The molecule has 1 heterocycles. The molecular formula is C16H24N4. The first-order valence-electron chi connectivity index (χ1n) is 7.45. The molecule has 4 heteroatoms. The lowest BCUT2D eigenvalue weighted by Crippen LogP contribution is -2.18. The van der Waals surface area contributed by atoms with Crippen molar-refractivity contribution in [2.24, 2.45) is 7.05 Å². The number of benzene rings is 1. The van der Waals surface area contributed by atoms with Gasteiger partial charge in [0.15, 0.2) is 5.82 Å². The summed E-state index contributed by atoms with van der Waals surface area (Å²) in [6.45, 7) is 4.48. The van der Waals surface area contributed by atoms with Gasteiger partial charge in [0.05, 0.1) is 0 Å². The number of aromatic nitrogens is 3. The van der Waals surface area contributed by atoms with Crippen molar-refractivity contribution < 1.29 is 0 Å². The van der Waals surface area contributed by atoms with Crippen molar-refractivity contribution in [1.29, 1.82) is 0 Å². The van der Waals surface area contributed by atoms with Crippen molar-refractivity contribution in [3.05, 3.63) is 30.6 Å². The third-order valence-electron chi connectivity index (χ3n) is 3.62. The van der Waals surface area contributed by atoms with Gasteiger partial charge in [0.25, 0.3) is 0 Å². The predicted octanol–water partition coefficient (Wildman–Crippen LogP) is 3.86. The molecule has 0 aliphatic rings. The Morgan fingerprint density at radius 1 is 1.20 bits per heavy atom. The molecule has 0 aliphatic heterocycles. The summed E-state index contributed by atoms with van der Waals surface area (Å²) in [5.41, 5.74) is 2.27. The lowest BCUT2D eigenvalue weighted by Gasteiger charge is -2.18. The van der Waals surface area contributed by atoms with E-state index in [4.69, 9.17) is 0 Å². The molecule has 0 aliphatic carbocycles. The molecular weight excluding hydrogens is 248 g/mol. The summed E-state index contributed by atoms with van der Waals surface area (Å²) in [5.74, 6) is 0.898. The Morgan fingerprint density at radius 2 is 1.95 bits per heavy atom. The molecule has 1 aromatic carbocycles. The van der Waals surface area contributed by atoms with Crippen LogP contribution >= 0.6 is 0 Å². The maximum atomic E-state index is 4.13. The fourth-order valence-corrected chi connectivity index (χ4v) is 2.32. The molecule has 0 saturated carbocycles. The summed E-state index contributed by atoms with van der Waals surface area (Å²) < 4.78 is 1.93. The number of unbranched alkanes of at least 4 members (excludes halogenated alkanes) is 1. The Kier molecular flexibility index (Phi) is 5.16. The normalized spacial score (nSPS) is 12.3. The highest BCUT2D eigenvalue weighted by Gasteiger charge is 2.07. The summed E-state index contributed by atoms with van der Waals surface area (Å²) in [6.07, 6.45) is 6.65. The summed E-state index contributed by atoms with van der Waals surface area (Å²) in [7, 11) is 1.96. The zero-order valence-corrected chi connectivity index (χ0v) is 12.6. The van der Waals surface area contributed by atoms with Gasteiger partial charge in [0.2, 0.25) is 0 Å². The van der Waals surface area contributed by atoms with Crippen molar-refractivity contribution in [3.8, 4) is 11.4 Å². The van der Waals surface area contributed by atoms with E-state index in [1.165, 1.54) is 24.9 Å². The fraction of sp³-hybridized carbons (Fsp3) is 0.500. The number of anilines is 1. The quantitative estimate of drug-likeness (QED) is 0.832. The van der Waals surface area contributed by atoms with Gasteiger partial charge in [0.1, 0.15) is 6.33 Å². The lowest BCUT2D eigenvalue weighted by molar-refractivity contribution is 0.593. The zero-order chi connectivity index (χ0) is 14.4. The molecule has 2 rings (SSSR count). The lowest BCUT2D eigenvalue weighted by atomic mass is 10.1. The van der Waals surface area contributed by atoms with Gasteiger partial charge in [-0.05, 0) is 37.1 Å². The van der Waals surface area contributed by atoms with Crippen LogP contribution in [0, 0.1) is 0 Å². The highest BCUT2D eigenvalue weighted by atomic mass is 15.2. The topological polar surface area (TPSA) is 42.7 Å². The number of aryl methyl sites for hydroxylation is 1. The Balaban J connectivity index is 2.03. The van der Waals surface area contributed by atoms with E-state index in [1.807, 2.05) is 11.6 Å². The highest BCUT2D eigenvalue weighted by Crippen LogP contribution is 2.20. The molecule has 4 nitrogen and oxygen atoms in total. The second-order valence-corrected chi connectivity index (χ2v) is 5.23. The molecule has 2 aromatic rings. The maximum absolute atomic E-state index is 4.13. The Labute approximate surface area is 121 Å². The van der Waals surface area contributed by atoms with Gasteiger partial charge in [-0.25, -0.2) is 0 Å². The third-order valence-corrected chi connectivity index (χ3v) is 3.62. The van der Waals surface area contributed by atoms with Crippen LogP contribution in [-0.2, 0) is 7.05 Å². The van der Waals surface area contributed by atoms with Crippen LogP contribution < -0.4 is 5.32 Å². The first-order valence-corrected chi connectivity index (χ1v) is 7.45. The first-order chi connectivity index (χ1) is 9.74. The molecule has 0 saturated heterocycles. The van der Waals surface area contributed by atoms with Gasteiger partial charge in [-0.1, -0.05) is 26.7 Å². The summed E-state index contributed by atoms with van der Waals surface area (Å²) in [5, 5.41) is 11.6. The number of hydrogen-bond acceptors (Lipinski definition) is 3. The standard InChI is InChI=1S/C16H24N4/c1-4-6-7-14(5-2)18-15-10-8-13(9-11-15)16-19-17-12-20(16)3/h8-12,14,18H,4-7H2,1-3H3. The van der Waals surface area contributed by atoms with Crippen LogP contribution in [0.3, 0.4) is 0 Å². The van der Waals surface area contributed by atoms with Crippen molar-refractivity contribution in [1.82, 2.24) is 14.8 Å². The minimum Gasteiger partial charge on any atom is -0.382 e. The summed E-state index contributed by atoms with van der Waals surface area (Å²) in [6, 6.07) is 9.00. The first kappa shape index (κ1) is 14.6. The largest absolute Gasteiger partial charge is 0.382 e. The Morgan fingerprint density at radius 3 is 2.50 bits per heavy atom. The molecule has 0 fully saturated rings. The van der Waals surface area contributed by atoms with Crippen molar-refractivity contribution >= 4 is 5.69 Å². The molecule has 1 aromatic heterocycles. The van der Waals surface area contributed by atoms with Crippen LogP contribution in [0.2, 0.25) is 0 Å². The van der Waals surface area contributed by atoms with Crippen LogP contribution in [0.15, 0.2) is 30.6 Å².